The predicted molar refractivity (Wildman–Crippen MR) is 88.5 cm³/mol. The second-order valence-corrected chi connectivity index (χ2v) is 6.02. The standard InChI is InChI=1S/C19H19NO3/c1-12(2)13-7-5-8-15(10-13)20-18(21)17-11-14-6-3-4-9-16(14)19(22)23-17/h3-10,12,17H,11H2,1-2H3,(H,20,21). The number of rotatable bonds is 3. The topological polar surface area (TPSA) is 55.4 Å². The third-order valence-corrected chi connectivity index (χ3v) is 4.01. The Morgan fingerprint density at radius 2 is 1.96 bits per heavy atom. The van der Waals surface area contributed by atoms with Crippen molar-refractivity contribution in [1.82, 2.24) is 0 Å². The largest absolute Gasteiger partial charge is 0.448 e. The molecule has 1 aliphatic heterocycles. The fourth-order valence-corrected chi connectivity index (χ4v) is 2.68. The maximum Gasteiger partial charge on any atom is 0.339 e. The van der Waals surface area contributed by atoms with Gasteiger partial charge in [-0.2, -0.15) is 0 Å². The molecule has 0 spiro atoms. The highest BCUT2D eigenvalue weighted by Crippen LogP contribution is 2.23. The number of hydrogen-bond donors (Lipinski definition) is 1. The van der Waals surface area contributed by atoms with Crippen LogP contribution in [-0.4, -0.2) is 18.0 Å². The summed E-state index contributed by atoms with van der Waals surface area (Å²) >= 11 is 0. The molecule has 118 valence electrons. The van der Waals surface area contributed by atoms with Crippen molar-refractivity contribution in [3.05, 3.63) is 65.2 Å². The van der Waals surface area contributed by atoms with Crippen LogP contribution in [0.2, 0.25) is 0 Å². The Morgan fingerprint density at radius 3 is 2.74 bits per heavy atom. The van der Waals surface area contributed by atoms with Crippen LogP contribution in [0.25, 0.3) is 0 Å². The third-order valence-electron chi connectivity index (χ3n) is 4.01. The Bertz CT molecular complexity index is 752. The van der Waals surface area contributed by atoms with Crippen LogP contribution in [0.1, 0.15) is 41.3 Å². The van der Waals surface area contributed by atoms with Gasteiger partial charge in [-0.3, -0.25) is 4.79 Å². The molecule has 4 heteroatoms. The van der Waals surface area contributed by atoms with E-state index in [1.54, 1.807) is 12.1 Å². The Labute approximate surface area is 135 Å². The molecule has 1 atom stereocenters. The predicted octanol–water partition coefficient (Wildman–Crippen LogP) is 3.53. The third kappa shape index (κ3) is 3.26. The second-order valence-electron chi connectivity index (χ2n) is 6.02. The van der Waals surface area contributed by atoms with Crippen LogP contribution in [0.3, 0.4) is 0 Å². The monoisotopic (exact) mass is 309 g/mol. The minimum Gasteiger partial charge on any atom is -0.448 e. The molecule has 3 rings (SSSR count). The van der Waals surface area contributed by atoms with Crippen LogP contribution in [0, 0.1) is 0 Å². The number of ether oxygens (including phenoxy) is 1. The molecular formula is C19H19NO3. The van der Waals surface area contributed by atoms with E-state index in [1.807, 2.05) is 36.4 Å². The zero-order chi connectivity index (χ0) is 16.4. The molecule has 1 aliphatic rings. The smallest absolute Gasteiger partial charge is 0.339 e. The zero-order valence-corrected chi connectivity index (χ0v) is 13.2. The number of nitrogens with one attached hydrogen (secondary N) is 1. The van der Waals surface area contributed by atoms with E-state index in [0.29, 0.717) is 17.9 Å². The van der Waals surface area contributed by atoms with E-state index in [9.17, 15) is 9.59 Å². The van der Waals surface area contributed by atoms with E-state index in [4.69, 9.17) is 4.74 Å². The first kappa shape index (κ1) is 15.3. The summed E-state index contributed by atoms with van der Waals surface area (Å²) in [5, 5.41) is 2.84. The summed E-state index contributed by atoms with van der Waals surface area (Å²) in [5.41, 5.74) is 3.25. The van der Waals surface area contributed by atoms with E-state index in [-0.39, 0.29) is 5.91 Å². The second kappa shape index (κ2) is 6.24. The molecule has 1 amide bonds. The molecule has 2 aromatic rings. The van der Waals surface area contributed by atoms with Gasteiger partial charge in [-0.25, -0.2) is 4.79 Å². The Hall–Kier alpha value is -2.62. The fourth-order valence-electron chi connectivity index (χ4n) is 2.68. The lowest BCUT2D eigenvalue weighted by Crippen LogP contribution is -2.37. The van der Waals surface area contributed by atoms with Gasteiger partial charge in [0.05, 0.1) is 5.56 Å². The molecular weight excluding hydrogens is 290 g/mol. The number of amides is 1. The van der Waals surface area contributed by atoms with Crippen molar-refractivity contribution in [3.8, 4) is 0 Å². The quantitative estimate of drug-likeness (QED) is 0.882. The van der Waals surface area contributed by atoms with Crippen molar-refractivity contribution < 1.29 is 14.3 Å². The number of carbonyl (C=O) groups is 2. The van der Waals surface area contributed by atoms with Gasteiger partial charge in [0.2, 0.25) is 0 Å². The number of benzene rings is 2. The number of fused-ring (bicyclic) bond motifs is 1. The summed E-state index contributed by atoms with van der Waals surface area (Å²) in [6.07, 6.45) is -0.391. The Balaban J connectivity index is 1.75. The first-order valence-electron chi connectivity index (χ1n) is 7.74. The van der Waals surface area contributed by atoms with Crippen LogP contribution in [0.15, 0.2) is 48.5 Å². The molecule has 1 unspecified atom stereocenters. The van der Waals surface area contributed by atoms with E-state index in [2.05, 4.69) is 19.2 Å². The van der Waals surface area contributed by atoms with Gasteiger partial charge in [-0.05, 0) is 35.2 Å². The molecule has 2 aromatic carbocycles. The number of esters is 1. The van der Waals surface area contributed by atoms with Crippen LogP contribution >= 0.6 is 0 Å². The lowest BCUT2D eigenvalue weighted by Gasteiger charge is -2.23. The van der Waals surface area contributed by atoms with Crippen molar-refractivity contribution in [3.63, 3.8) is 0 Å². The summed E-state index contributed by atoms with van der Waals surface area (Å²) in [6, 6.07) is 14.9. The van der Waals surface area contributed by atoms with Crippen LogP contribution in [-0.2, 0) is 16.0 Å². The molecule has 23 heavy (non-hydrogen) atoms. The average Bonchev–Trinajstić information content (AvgIpc) is 2.55. The molecule has 0 bridgehead atoms. The van der Waals surface area contributed by atoms with Gasteiger partial charge < -0.3 is 10.1 Å². The molecule has 0 aromatic heterocycles. The number of carbonyl (C=O) groups excluding carboxylic acids is 2. The Morgan fingerprint density at radius 1 is 1.17 bits per heavy atom. The maximum atomic E-state index is 12.4. The zero-order valence-electron chi connectivity index (χ0n) is 13.2. The van der Waals surface area contributed by atoms with Gasteiger partial charge in [0.1, 0.15) is 0 Å². The first-order valence-corrected chi connectivity index (χ1v) is 7.74. The number of cyclic esters (lactones) is 1. The van der Waals surface area contributed by atoms with Gasteiger partial charge in [-0.1, -0.05) is 44.2 Å². The van der Waals surface area contributed by atoms with Crippen molar-refractivity contribution >= 4 is 17.6 Å². The van der Waals surface area contributed by atoms with Crippen LogP contribution in [0.4, 0.5) is 5.69 Å². The number of anilines is 1. The van der Waals surface area contributed by atoms with Crippen molar-refractivity contribution in [2.75, 3.05) is 5.32 Å². The molecule has 0 saturated carbocycles. The molecule has 0 radical (unpaired) electrons. The summed E-state index contributed by atoms with van der Waals surface area (Å²) in [4.78, 5) is 24.4. The average molecular weight is 309 g/mol. The first-order chi connectivity index (χ1) is 11.0. The molecule has 0 fully saturated rings. The minimum atomic E-state index is -0.792. The maximum absolute atomic E-state index is 12.4. The Kier molecular flexibility index (Phi) is 4.15. The van der Waals surface area contributed by atoms with E-state index >= 15 is 0 Å². The molecule has 0 aliphatic carbocycles. The minimum absolute atomic E-state index is 0.297. The van der Waals surface area contributed by atoms with Gasteiger partial charge in [0.15, 0.2) is 6.10 Å². The summed E-state index contributed by atoms with van der Waals surface area (Å²) in [6.45, 7) is 4.20. The van der Waals surface area contributed by atoms with Crippen molar-refractivity contribution in [2.24, 2.45) is 0 Å². The van der Waals surface area contributed by atoms with Crippen LogP contribution in [0.5, 0.6) is 0 Å². The lowest BCUT2D eigenvalue weighted by atomic mass is 9.98. The van der Waals surface area contributed by atoms with Gasteiger partial charge in [0.25, 0.3) is 5.91 Å². The van der Waals surface area contributed by atoms with Gasteiger partial charge >= 0.3 is 5.97 Å². The molecule has 1 heterocycles. The molecule has 4 nitrogen and oxygen atoms in total. The highest BCUT2D eigenvalue weighted by molar-refractivity contribution is 6.00. The van der Waals surface area contributed by atoms with Crippen LogP contribution < -0.4 is 5.32 Å². The molecule has 0 saturated heterocycles. The SMILES string of the molecule is CC(C)c1cccc(NC(=O)C2Cc3ccccc3C(=O)O2)c1. The van der Waals surface area contributed by atoms with E-state index in [1.165, 1.54) is 0 Å². The highest BCUT2D eigenvalue weighted by Gasteiger charge is 2.31. The number of hydrogen-bond acceptors (Lipinski definition) is 3. The van der Waals surface area contributed by atoms with Gasteiger partial charge in [0, 0.05) is 12.1 Å². The summed E-state index contributed by atoms with van der Waals surface area (Å²) in [5.74, 6) is -0.358. The van der Waals surface area contributed by atoms with Gasteiger partial charge in [-0.15, -0.1) is 0 Å². The van der Waals surface area contributed by atoms with E-state index < -0.39 is 12.1 Å². The summed E-state index contributed by atoms with van der Waals surface area (Å²) in [7, 11) is 0. The summed E-state index contributed by atoms with van der Waals surface area (Å²) < 4.78 is 5.27. The normalized spacial score (nSPS) is 16.7. The van der Waals surface area contributed by atoms with E-state index in [0.717, 1.165) is 16.8 Å². The lowest BCUT2D eigenvalue weighted by molar-refractivity contribution is -0.125. The van der Waals surface area contributed by atoms with Crippen molar-refractivity contribution in [1.29, 1.82) is 0 Å². The van der Waals surface area contributed by atoms with Crippen molar-refractivity contribution in [2.45, 2.75) is 32.3 Å². The molecule has 1 N–H and O–H groups in total. The fraction of sp³-hybridized carbons (Fsp3) is 0.263. The highest BCUT2D eigenvalue weighted by atomic mass is 16.5.